The first-order valence-electron chi connectivity index (χ1n) is 10.5. The summed E-state index contributed by atoms with van der Waals surface area (Å²) in [6.45, 7) is -0.347. The maximum atomic E-state index is 14.4. The molecular formula is C23H20FN3O5. The molecule has 1 saturated heterocycles. The number of nitrogens with zero attached hydrogens (tertiary/aromatic N) is 3. The van der Waals surface area contributed by atoms with Crippen LogP contribution in [-0.2, 0) is 16.1 Å². The fourth-order valence-corrected chi connectivity index (χ4v) is 5.55. The third-order valence-electron chi connectivity index (χ3n) is 6.96. The molecule has 2 aliphatic carbocycles. The van der Waals surface area contributed by atoms with Gasteiger partial charge in [-0.2, -0.15) is 5.01 Å². The summed E-state index contributed by atoms with van der Waals surface area (Å²) in [5.41, 5.74) is -0.223. The SMILES string of the molecule is O=C(c1cccc([N+](=O)[O-])c1)N(Cc1ccccc1F)N1C(=O)[C@H]2[C@H]3CC[C@@H](C3)[C@@H]2C1=O. The van der Waals surface area contributed by atoms with Gasteiger partial charge in [-0.1, -0.05) is 24.3 Å². The Kier molecular flexibility index (Phi) is 4.76. The minimum atomic E-state index is -0.772. The number of hydrogen-bond acceptors (Lipinski definition) is 5. The Labute approximate surface area is 182 Å². The highest BCUT2D eigenvalue weighted by Gasteiger charge is 2.62. The average molecular weight is 437 g/mol. The van der Waals surface area contributed by atoms with Crippen LogP contribution < -0.4 is 0 Å². The summed E-state index contributed by atoms with van der Waals surface area (Å²) < 4.78 is 14.4. The first-order chi connectivity index (χ1) is 15.4. The largest absolute Gasteiger partial charge is 0.273 e. The Morgan fingerprint density at radius 3 is 2.34 bits per heavy atom. The maximum absolute atomic E-state index is 14.4. The van der Waals surface area contributed by atoms with Crippen LogP contribution in [0.25, 0.3) is 0 Å². The van der Waals surface area contributed by atoms with E-state index >= 15 is 0 Å². The van der Waals surface area contributed by atoms with Gasteiger partial charge in [0.2, 0.25) is 0 Å². The molecule has 3 amide bonds. The molecule has 2 aromatic rings. The van der Waals surface area contributed by atoms with Crippen molar-refractivity contribution >= 4 is 23.4 Å². The quantitative estimate of drug-likeness (QED) is 0.406. The van der Waals surface area contributed by atoms with Crippen LogP contribution >= 0.6 is 0 Å². The number of fused-ring (bicyclic) bond motifs is 5. The van der Waals surface area contributed by atoms with Crippen molar-refractivity contribution in [2.75, 3.05) is 0 Å². The molecule has 3 aliphatic rings. The molecule has 1 heterocycles. The van der Waals surface area contributed by atoms with Crippen LogP contribution in [0.2, 0.25) is 0 Å². The molecule has 2 aromatic carbocycles. The fourth-order valence-electron chi connectivity index (χ4n) is 5.55. The summed E-state index contributed by atoms with van der Waals surface area (Å²) in [6, 6.07) is 10.9. The summed E-state index contributed by atoms with van der Waals surface area (Å²) in [7, 11) is 0. The first-order valence-corrected chi connectivity index (χ1v) is 10.5. The van der Waals surface area contributed by atoms with Gasteiger partial charge in [-0.3, -0.25) is 24.5 Å². The van der Waals surface area contributed by atoms with Crippen LogP contribution in [0.15, 0.2) is 48.5 Å². The lowest BCUT2D eigenvalue weighted by Gasteiger charge is -2.31. The molecule has 2 bridgehead atoms. The van der Waals surface area contributed by atoms with Crippen LogP contribution in [0.5, 0.6) is 0 Å². The van der Waals surface area contributed by atoms with E-state index < -0.39 is 40.3 Å². The highest BCUT2D eigenvalue weighted by Crippen LogP contribution is 2.56. The normalized spacial score (nSPS) is 25.8. The highest BCUT2D eigenvalue weighted by atomic mass is 19.1. The van der Waals surface area contributed by atoms with Crippen molar-refractivity contribution < 1.29 is 23.7 Å². The number of amides is 3. The molecule has 3 fully saturated rings. The average Bonchev–Trinajstić information content (AvgIpc) is 3.47. The molecular weight excluding hydrogens is 417 g/mol. The molecule has 0 unspecified atom stereocenters. The number of hydrogen-bond donors (Lipinski definition) is 0. The van der Waals surface area contributed by atoms with E-state index in [9.17, 15) is 28.9 Å². The van der Waals surface area contributed by atoms with Crippen LogP contribution in [-0.4, -0.2) is 32.7 Å². The van der Waals surface area contributed by atoms with Crippen molar-refractivity contribution in [3.05, 3.63) is 75.6 Å². The Balaban J connectivity index is 1.55. The monoisotopic (exact) mass is 437 g/mol. The van der Waals surface area contributed by atoms with Crippen molar-refractivity contribution in [2.24, 2.45) is 23.7 Å². The predicted molar refractivity (Wildman–Crippen MR) is 109 cm³/mol. The first kappa shape index (κ1) is 20.3. The number of imide groups is 1. The Morgan fingerprint density at radius 1 is 1.06 bits per heavy atom. The molecule has 0 radical (unpaired) electrons. The smallest absolute Gasteiger partial charge is 0.272 e. The molecule has 9 heteroatoms. The Hall–Kier alpha value is -3.62. The zero-order chi connectivity index (χ0) is 22.6. The summed E-state index contributed by atoms with van der Waals surface area (Å²) in [4.78, 5) is 50.6. The van der Waals surface area contributed by atoms with E-state index in [-0.39, 0.29) is 35.2 Å². The summed E-state index contributed by atoms with van der Waals surface area (Å²) in [5, 5.41) is 13.0. The minimum absolute atomic E-state index is 0.0591. The second-order valence-corrected chi connectivity index (χ2v) is 8.63. The van der Waals surface area contributed by atoms with Gasteiger partial charge in [-0.05, 0) is 43.2 Å². The Bertz CT molecular complexity index is 1120. The van der Waals surface area contributed by atoms with Crippen LogP contribution in [0.4, 0.5) is 10.1 Å². The third-order valence-corrected chi connectivity index (χ3v) is 6.96. The van der Waals surface area contributed by atoms with Gasteiger partial charge >= 0.3 is 0 Å². The van der Waals surface area contributed by atoms with E-state index in [0.29, 0.717) is 0 Å². The number of carbonyl (C=O) groups is 3. The number of non-ortho nitro benzene ring substituents is 1. The van der Waals surface area contributed by atoms with Crippen LogP contribution in [0, 0.1) is 39.6 Å². The van der Waals surface area contributed by atoms with Gasteiger partial charge in [0.05, 0.1) is 23.3 Å². The van der Waals surface area contributed by atoms with E-state index in [1.807, 2.05) is 0 Å². The van der Waals surface area contributed by atoms with Crippen LogP contribution in [0.1, 0.15) is 35.2 Å². The fraction of sp³-hybridized carbons (Fsp3) is 0.348. The number of hydrazine groups is 1. The van der Waals surface area contributed by atoms with Gasteiger partial charge in [0.25, 0.3) is 23.4 Å². The van der Waals surface area contributed by atoms with Crippen molar-refractivity contribution in [3.8, 4) is 0 Å². The molecule has 2 saturated carbocycles. The number of carbonyl (C=O) groups excluding carboxylic acids is 3. The highest BCUT2D eigenvalue weighted by molar-refractivity contribution is 6.08. The van der Waals surface area contributed by atoms with Gasteiger partial charge in [-0.15, -0.1) is 0 Å². The molecule has 1 aliphatic heterocycles. The molecule has 5 rings (SSSR count). The summed E-state index contributed by atoms with van der Waals surface area (Å²) in [5.74, 6) is -2.91. The molecule has 32 heavy (non-hydrogen) atoms. The van der Waals surface area contributed by atoms with Crippen molar-refractivity contribution in [2.45, 2.75) is 25.8 Å². The summed E-state index contributed by atoms with van der Waals surface area (Å²) in [6.07, 6.45) is 2.60. The number of benzene rings is 2. The second kappa shape index (κ2) is 7.51. The lowest BCUT2D eigenvalue weighted by molar-refractivity contribution is -0.384. The van der Waals surface area contributed by atoms with Gasteiger partial charge in [0.15, 0.2) is 0 Å². The third kappa shape index (κ3) is 3.07. The molecule has 0 N–H and O–H groups in total. The zero-order valence-corrected chi connectivity index (χ0v) is 17.0. The van der Waals surface area contributed by atoms with Gasteiger partial charge < -0.3 is 0 Å². The van der Waals surface area contributed by atoms with E-state index in [2.05, 4.69) is 0 Å². The second-order valence-electron chi connectivity index (χ2n) is 8.63. The predicted octanol–water partition coefficient (Wildman–Crippen LogP) is 3.32. The topological polar surface area (TPSA) is 101 Å². The van der Waals surface area contributed by atoms with Crippen molar-refractivity contribution in [1.29, 1.82) is 0 Å². The van der Waals surface area contributed by atoms with E-state index in [0.717, 1.165) is 35.3 Å². The Morgan fingerprint density at radius 2 is 1.72 bits per heavy atom. The van der Waals surface area contributed by atoms with Gasteiger partial charge in [-0.25, -0.2) is 9.40 Å². The number of rotatable bonds is 5. The van der Waals surface area contributed by atoms with Crippen LogP contribution in [0.3, 0.4) is 0 Å². The maximum Gasteiger partial charge on any atom is 0.273 e. The number of nitro benzene ring substituents is 1. The van der Waals surface area contributed by atoms with Gasteiger partial charge in [0.1, 0.15) is 5.82 Å². The minimum Gasteiger partial charge on any atom is -0.272 e. The number of nitro groups is 1. The standard InChI is InChI=1S/C23H20FN3O5/c24-18-7-2-1-4-16(18)12-25(21(28)15-5-3-6-17(11-15)27(31)32)26-22(29)19-13-8-9-14(10-13)20(19)23(26)30/h1-7,11,13-14,19-20H,8-10,12H2/t13-,14-,19-,20-/m0/s1. The lowest BCUT2D eigenvalue weighted by atomic mass is 9.81. The van der Waals surface area contributed by atoms with E-state index in [1.54, 1.807) is 6.07 Å². The zero-order valence-electron chi connectivity index (χ0n) is 17.0. The molecule has 164 valence electrons. The number of halogens is 1. The molecule has 0 spiro atoms. The van der Waals surface area contributed by atoms with Gasteiger partial charge in [0, 0.05) is 23.3 Å². The lowest BCUT2D eigenvalue weighted by Crippen LogP contribution is -2.50. The molecule has 4 atom stereocenters. The summed E-state index contributed by atoms with van der Waals surface area (Å²) >= 11 is 0. The molecule has 0 aromatic heterocycles. The van der Waals surface area contributed by atoms with E-state index in [1.165, 1.54) is 36.4 Å². The van der Waals surface area contributed by atoms with E-state index in [4.69, 9.17) is 0 Å². The van der Waals surface area contributed by atoms with Crippen molar-refractivity contribution in [3.63, 3.8) is 0 Å². The van der Waals surface area contributed by atoms with Crippen molar-refractivity contribution in [1.82, 2.24) is 10.0 Å². The molecule has 8 nitrogen and oxygen atoms in total.